The van der Waals surface area contributed by atoms with Crippen LogP contribution in [0.25, 0.3) is 21.0 Å². The van der Waals surface area contributed by atoms with Gasteiger partial charge in [0.1, 0.15) is 22.8 Å². The number of thiophene rings is 1. The molecule has 0 bridgehead atoms. The van der Waals surface area contributed by atoms with Crippen LogP contribution in [-0.2, 0) is 0 Å². The maximum atomic E-state index is 13.3. The van der Waals surface area contributed by atoms with Crippen molar-refractivity contribution in [1.29, 1.82) is 0 Å². The number of aromatic nitrogens is 3. The molecule has 0 spiro atoms. The second-order valence-electron chi connectivity index (χ2n) is 7.49. The van der Waals surface area contributed by atoms with Gasteiger partial charge >= 0.3 is 7.05 Å². The van der Waals surface area contributed by atoms with Gasteiger partial charge in [0.2, 0.25) is 5.95 Å². The molecule has 0 saturated heterocycles. The third-order valence-corrected chi connectivity index (χ3v) is 6.29. The van der Waals surface area contributed by atoms with Crippen LogP contribution in [0.1, 0.15) is 9.67 Å². The lowest BCUT2D eigenvalue weighted by atomic mass is 9.88. The molecule has 1 aromatic carbocycles. The Hall–Kier alpha value is -3.35. The molecule has 0 saturated carbocycles. The number of hydrogen-bond acceptors (Lipinski definition) is 9. The molecule has 1 aliphatic rings. The molecule has 0 unspecified atom stereocenters. The van der Waals surface area contributed by atoms with Crippen molar-refractivity contribution in [3.8, 4) is 0 Å². The molecule has 1 atom stereocenters. The van der Waals surface area contributed by atoms with Gasteiger partial charge in [0.05, 0.1) is 17.2 Å². The van der Waals surface area contributed by atoms with E-state index in [9.17, 15) is 14.2 Å². The molecular weight excluding hydrogens is 432 g/mol. The first-order chi connectivity index (χ1) is 15.5. The van der Waals surface area contributed by atoms with Crippen molar-refractivity contribution in [3.05, 3.63) is 47.5 Å². The number of hydrogen-bond donors (Lipinski definition) is 5. The van der Waals surface area contributed by atoms with E-state index >= 15 is 0 Å². The Kier molecular flexibility index (Phi) is 5.33. The fraction of sp³-hybridized carbons (Fsp3) is 0.200. The number of rotatable bonds is 5. The largest absolute Gasteiger partial charge is 0.437 e. The number of halogens is 1. The van der Waals surface area contributed by atoms with E-state index in [1.54, 1.807) is 12.9 Å². The number of carbonyl (C=O) groups excluding carboxylic acids is 1. The zero-order valence-electron chi connectivity index (χ0n) is 17.0. The van der Waals surface area contributed by atoms with E-state index in [0.717, 1.165) is 33.0 Å². The van der Waals surface area contributed by atoms with Crippen LogP contribution in [0.2, 0.25) is 6.82 Å². The number of carbonyl (C=O) groups is 1. The first-order valence-electron chi connectivity index (χ1n) is 10.0. The molecule has 1 amide bonds. The molecule has 4 aromatic rings. The summed E-state index contributed by atoms with van der Waals surface area (Å²) < 4.78 is 14.3. The Balaban J connectivity index is 1.50. The Morgan fingerprint density at radius 2 is 2.16 bits per heavy atom. The van der Waals surface area contributed by atoms with Gasteiger partial charge in [-0.3, -0.25) is 4.79 Å². The minimum Gasteiger partial charge on any atom is -0.437 e. The van der Waals surface area contributed by atoms with E-state index in [4.69, 9.17) is 0 Å². The third kappa shape index (κ3) is 3.95. The SMILES string of the molecule is CB(O)NC[C@@H]1CNc2c(sc3ccc4nc(Nc5cc(F)ncn5)ccc4c23)C(=O)N1. The van der Waals surface area contributed by atoms with Crippen molar-refractivity contribution in [1.82, 2.24) is 25.5 Å². The molecule has 5 N–H and O–H groups in total. The quantitative estimate of drug-likeness (QED) is 0.232. The second kappa shape index (κ2) is 8.30. The van der Waals surface area contributed by atoms with Crippen molar-refractivity contribution >= 4 is 62.6 Å². The highest BCUT2D eigenvalue weighted by molar-refractivity contribution is 7.21. The summed E-state index contributed by atoms with van der Waals surface area (Å²) in [5.74, 6) is 0.0577. The van der Waals surface area contributed by atoms with Crippen LogP contribution in [0.4, 0.5) is 21.7 Å². The summed E-state index contributed by atoms with van der Waals surface area (Å²) >= 11 is 1.42. The van der Waals surface area contributed by atoms with Gasteiger partial charge < -0.3 is 26.2 Å². The Bertz CT molecular complexity index is 1330. The number of nitrogens with one attached hydrogen (secondary N) is 4. The highest BCUT2D eigenvalue weighted by atomic mass is 32.1. The van der Waals surface area contributed by atoms with E-state index in [-0.39, 0.29) is 11.9 Å². The molecule has 4 heterocycles. The van der Waals surface area contributed by atoms with Crippen LogP contribution in [0.5, 0.6) is 0 Å². The lowest BCUT2D eigenvalue weighted by Gasteiger charge is -2.17. The summed E-state index contributed by atoms with van der Waals surface area (Å²) in [6, 6.07) is 8.58. The number of amides is 1. The summed E-state index contributed by atoms with van der Waals surface area (Å²) in [7, 11) is -0.651. The maximum absolute atomic E-state index is 13.3. The van der Waals surface area contributed by atoms with Crippen molar-refractivity contribution in [2.45, 2.75) is 12.9 Å². The number of fused-ring (bicyclic) bond motifs is 5. The van der Waals surface area contributed by atoms with Crippen LogP contribution >= 0.6 is 11.3 Å². The van der Waals surface area contributed by atoms with Crippen molar-refractivity contribution in [2.24, 2.45) is 0 Å². The van der Waals surface area contributed by atoms with Crippen LogP contribution < -0.4 is 21.2 Å². The fourth-order valence-electron chi connectivity index (χ4n) is 3.70. The zero-order chi connectivity index (χ0) is 22.2. The molecule has 5 rings (SSSR count). The molecular formula is C20H19BFN7O2S. The topological polar surface area (TPSA) is 124 Å². The molecule has 3 aromatic heterocycles. The van der Waals surface area contributed by atoms with Crippen molar-refractivity contribution in [3.63, 3.8) is 0 Å². The van der Waals surface area contributed by atoms with Gasteiger partial charge in [-0.05, 0) is 31.1 Å². The van der Waals surface area contributed by atoms with Crippen LogP contribution in [-0.4, -0.2) is 52.1 Å². The van der Waals surface area contributed by atoms with Crippen LogP contribution in [0.15, 0.2) is 36.7 Å². The fourth-order valence-corrected chi connectivity index (χ4v) is 4.79. The van der Waals surface area contributed by atoms with Gasteiger partial charge in [0, 0.05) is 34.6 Å². The van der Waals surface area contributed by atoms with Gasteiger partial charge in [-0.15, -0.1) is 11.3 Å². The molecule has 0 aliphatic carbocycles. The van der Waals surface area contributed by atoms with E-state index in [1.807, 2.05) is 18.2 Å². The Labute approximate surface area is 186 Å². The van der Waals surface area contributed by atoms with Crippen LogP contribution in [0.3, 0.4) is 0 Å². The standard InChI is InChI=1S/C20H19BFN7O2S/c1-21(31)26-8-10-7-23-18-17-11-2-5-15(29-16-6-14(22)24-9-25-16)28-12(11)3-4-13(17)32-19(18)20(30)27-10/h2-6,9-10,23,26,31H,7-8H2,1H3,(H,27,30)(H,24,25,28,29)/t10-/m0/s1. The van der Waals surface area contributed by atoms with Crippen molar-refractivity contribution in [2.75, 3.05) is 23.7 Å². The summed E-state index contributed by atoms with van der Waals surface area (Å²) in [4.78, 5) is 25.5. The van der Waals surface area contributed by atoms with Gasteiger partial charge in [-0.25, -0.2) is 15.0 Å². The summed E-state index contributed by atoms with van der Waals surface area (Å²) in [5, 5.41) is 23.6. The molecule has 1 aliphatic heterocycles. The van der Waals surface area contributed by atoms with Gasteiger partial charge in [0.15, 0.2) is 0 Å². The molecule has 9 nitrogen and oxygen atoms in total. The second-order valence-corrected chi connectivity index (χ2v) is 8.55. The molecule has 0 fully saturated rings. The zero-order valence-corrected chi connectivity index (χ0v) is 17.8. The highest BCUT2D eigenvalue weighted by Gasteiger charge is 2.26. The summed E-state index contributed by atoms with van der Waals surface area (Å²) in [6.45, 7) is 2.61. The lowest BCUT2D eigenvalue weighted by Crippen LogP contribution is -2.47. The van der Waals surface area contributed by atoms with E-state index in [1.165, 1.54) is 17.4 Å². The molecule has 32 heavy (non-hydrogen) atoms. The van der Waals surface area contributed by atoms with Gasteiger partial charge in [-0.1, -0.05) is 0 Å². The normalized spacial score (nSPS) is 15.7. The number of anilines is 3. The minimum atomic E-state index is -0.651. The first-order valence-corrected chi connectivity index (χ1v) is 10.9. The third-order valence-electron chi connectivity index (χ3n) is 5.14. The monoisotopic (exact) mass is 451 g/mol. The summed E-state index contributed by atoms with van der Waals surface area (Å²) in [6.07, 6.45) is 1.14. The predicted octanol–water partition coefficient (Wildman–Crippen LogP) is 2.35. The highest BCUT2D eigenvalue weighted by Crippen LogP contribution is 2.41. The maximum Gasteiger partial charge on any atom is 0.373 e. The first kappa shape index (κ1) is 20.6. The Morgan fingerprint density at radius 3 is 2.97 bits per heavy atom. The number of benzene rings is 1. The minimum absolute atomic E-state index is 0.145. The predicted molar refractivity (Wildman–Crippen MR) is 124 cm³/mol. The van der Waals surface area contributed by atoms with Gasteiger partial charge in [0.25, 0.3) is 5.91 Å². The van der Waals surface area contributed by atoms with E-state index in [0.29, 0.717) is 29.6 Å². The van der Waals surface area contributed by atoms with Crippen molar-refractivity contribution < 1.29 is 14.2 Å². The summed E-state index contributed by atoms with van der Waals surface area (Å²) in [5.41, 5.74) is 1.52. The molecule has 0 radical (unpaired) electrons. The van der Waals surface area contributed by atoms with Crippen LogP contribution in [0, 0.1) is 5.95 Å². The molecule has 162 valence electrons. The number of pyridine rings is 1. The Morgan fingerprint density at radius 1 is 1.28 bits per heavy atom. The average Bonchev–Trinajstić information content (AvgIpc) is 3.07. The van der Waals surface area contributed by atoms with Gasteiger partial charge in [-0.2, -0.15) is 4.39 Å². The van der Waals surface area contributed by atoms with E-state index < -0.39 is 13.0 Å². The number of nitrogens with zero attached hydrogens (tertiary/aromatic N) is 3. The smallest absolute Gasteiger partial charge is 0.373 e. The average molecular weight is 451 g/mol. The van der Waals surface area contributed by atoms with E-state index in [2.05, 4.69) is 36.1 Å². The lowest BCUT2D eigenvalue weighted by molar-refractivity contribution is 0.0946. The molecule has 12 heteroatoms.